The van der Waals surface area contributed by atoms with Gasteiger partial charge >= 0.3 is 0 Å². The van der Waals surface area contributed by atoms with E-state index in [1.54, 1.807) is 0 Å². The number of piperidine rings is 1. The molecule has 148 valence electrons. The van der Waals surface area contributed by atoms with Crippen LogP contribution < -0.4 is 16.0 Å². The lowest BCUT2D eigenvalue weighted by Gasteiger charge is -2.35. The van der Waals surface area contributed by atoms with Gasteiger partial charge in [-0.05, 0) is 56.9 Å². The minimum Gasteiger partial charge on any atom is -0.354 e. The quantitative estimate of drug-likeness (QED) is 0.687. The summed E-state index contributed by atoms with van der Waals surface area (Å²) in [4.78, 5) is 12.6. The average Bonchev–Trinajstić information content (AvgIpc) is 3.27. The molecule has 4 nitrogen and oxygen atoms in total. The van der Waals surface area contributed by atoms with Crippen LogP contribution in [-0.2, 0) is 4.79 Å². The molecule has 3 atom stereocenters. The van der Waals surface area contributed by atoms with E-state index in [-0.39, 0.29) is 11.4 Å². The highest BCUT2D eigenvalue weighted by Crippen LogP contribution is 2.34. The summed E-state index contributed by atoms with van der Waals surface area (Å²) in [5.74, 6) is 0.821. The highest BCUT2D eigenvalue weighted by molar-refractivity contribution is 5.76. The molecule has 1 aromatic carbocycles. The number of rotatable bonds is 7. The van der Waals surface area contributed by atoms with Crippen LogP contribution in [0.4, 0.5) is 0 Å². The maximum atomic E-state index is 12.6. The van der Waals surface area contributed by atoms with Gasteiger partial charge in [-0.1, -0.05) is 43.2 Å². The van der Waals surface area contributed by atoms with Crippen LogP contribution in [0.15, 0.2) is 30.3 Å². The number of nitrogens with one attached hydrogen (secondary N) is 3. The third-order valence-electron chi connectivity index (χ3n) is 7.05. The fourth-order valence-corrected chi connectivity index (χ4v) is 5.65. The summed E-state index contributed by atoms with van der Waals surface area (Å²) >= 11 is 0. The van der Waals surface area contributed by atoms with Crippen molar-refractivity contribution in [2.24, 2.45) is 5.92 Å². The van der Waals surface area contributed by atoms with E-state index < -0.39 is 0 Å². The first-order valence-corrected chi connectivity index (χ1v) is 11.0. The molecule has 0 radical (unpaired) electrons. The molecule has 2 saturated heterocycles. The summed E-state index contributed by atoms with van der Waals surface area (Å²) in [6.07, 6.45) is 10.5. The van der Waals surface area contributed by atoms with Crippen LogP contribution in [-0.4, -0.2) is 30.1 Å². The largest absolute Gasteiger partial charge is 0.354 e. The van der Waals surface area contributed by atoms with Gasteiger partial charge in [-0.15, -0.1) is 0 Å². The van der Waals surface area contributed by atoms with Gasteiger partial charge in [-0.3, -0.25) is 4.79 Å². The van der Waals surface area contributed by atoms with Crippen molar-refractivity contribution in [2.45, 2.75) is 88.4 Å². The lowest BCUT2D eigenvalue weighted by atomic mass is 9.89. The summed E-state index contributed by atoms with van der Waals surface area (Å²) in [5, 5.41) is 10.8. The van der Waals surface area contributed by atoms with Crippen LogP contribution in [0, 0.1) is 5.92 Å². The predicted molar refractivity (Wildman–Crippen MR) is 109 cm³/mol. The van der Waals surface area contributed by atoms with E-state index >= 15 is 0 Å². The Hall–Kier alpha value is -1.39. The van der Waals surface area contributed by atoms with E-state index in [0.717, 1.165) is 19.4 Å². The van der Waals surface area contributed by atoms with Gasteiger partial charge in [0, 0.05) is 36.6 Å². The number of carbonyl (C=O) groups is 1. The topological polar surface area (TPSA) is 53.2 Å². The van der Waals surface area contributed by atoms with Gasteiger partial charge in [0.25, 0.3) is 0 Å². The van der Waals surface area contributed by atoms with Gasteiger partial charge in [-0.2, -0.15) is 0 Å². The number of hydrogen-bond acceptors (Lipinski definition) is 3. The molecular weight excluding hydrogens is 334 g/mol. The summed E-state index contributed by atoms with van der Waals surface area (Å²) in [5.41, 5.74) is 1.37. The van der Waals surface area contributed by atoms with Crippen molar-refractivity contribution >= 4 is 5.91 Å². The van der Waals surface area contributed by atoms with Crippen LogP contribution in [0.5, 0.6) is 0 Å². The average molecular weight is 370 g/mol. The van der Waals surface area contributed by atoms with Gasteiger partial charge in [-0.25, -0.2) is 0 Å². The summed E-state index contributed by atoms with van der Waals surface area (Å²) < 4.78 is 0. The Bertz CT molecular complexity index is 614. The van der Waals surface area contributed by atoms with Crippen molar-refractivity contribution in [1.82, 2.24) is 16.0 Å². The van der Waals surface area contributed by atoms with E-state index in [0.29, 0.717) is 30.5 Å². The second-order valence-electron chi connectivity index (χ2n) is 9.22. The van der Waals surface area contributed by atoms with Crippen molar-refractivity contribution in [2.75, 3.05) is 6.54 Å². The normalized spacial score (nSPS) is 30.2. The van der Waals surface area contributed by atoms with Crippen LogP contribution in [0.2, 0.25) is 0 Å². The van der Waals surface area contributed by atoms with Crippen LogP contribution in [0.3, 0.4) is 0 Å². The summed E-state index contributed by atoms with van der Waals surface area (Å²) in [6.45, 7) is 3.00. The minimum absolute atomic E-state index is 0.0536. The number of benzene rings is 1. The van der Waals surface area contributed by atoms with Crippen LogP contribution in [0.1, 0.15) is 76.3 Å². The molecular formula is C23H35N3O. The van der Waals surface area contributed by atoms with E-state index in [1.807, 2.05) is 0 Å². The van der Waals surface area contributed by atoms with Crippen molar-refractivity contribution in [3.05, 3.63) is 35.9 Å². The van der Waals surface area contributed by atoms with E-state index in [9.17, 15) is 4.79 Å². The molecule has 3 fully saturated rings. The second kappa shape index (κ2) is 8.32. The first kappa shape index (κ1) is 18.9. The van der Waals surface area contributed by atoms with Crippen LogP contribution in [0.25, 0.3) is 0 Å². The number of fused-ring (bicyclic) bond motifs is 2. The van der Waals surface area contributed by atoms with Gasteiger partial charge in [0.2, 0.25) is 5.91 Å². The number of hydrogen-bond donors (Lipinski definition) is 3. The number of amides is 1. The second-order valence-corrected chi connectivity index (χ2v) is 9.22. The molecule has 2 heterocycles. The molecule has 0 spiro atoms. The third-order valence-corrected chi connectivity index (χ3v) is 7.05. The molecule has 27 heavy (non-hydrogen) atoms. The predicted octanol–water partition coefficient (Wildman–Crippen LogP) is 3.69. The maximum absolute atomic E-state index is 12.6. The molecule has 1 saturated carbocycles. The molecule has 1 amide bonds. The smallest absolute Gasteiger partial charge is 0.220 e. The summed E-state index contributed by atoms with van der Waals surface area (Å²) in [7, 11) is 0. The molecule has 4 heteroatoms. The van der Waals surface area contributed by atoms with Crippen molar-refractivity contribution in [3.8, 4) is 0 Å². The molecule has 3 N–H and O–H groups in total. The van der Waals surface area contributed by atoms with Gasteiger partial charge in [0.15, 0.2) is 0 Å². The third kappa shape index (κ3) is 4.72. The minimum atomic E-state index is 0.0536. The SMILES string of the molecule is CC(NC1(CNC(=O)CC2CC3CCC(C2)N3)CCCC1)c1ccccc1. The molecule has 1 aromatic rings. The van der Waals surface area contributed by atoms with Crippen molar-refractivity contribution < 1.29 is 4.79 Å². The summed E-state index contributed by atoms with van der Waals surface area (Å²) in [6, 6.07) is 12.3. The Morgan fingerprint density at radius 3 is 2.48 bits per heavy atom. The zero-order valence-electron chi connectivity index (χ0n) is 16.7. The first-order valence-electron chi connectivity index (χ1n) is 11.0. The van der Waals surface area contributed by atoms with Gasteiger partial charge in [0.1, 0.15) is 0 Å². The monoisotopic (exact) mass is 369 g/mol. The maximum Gasteiger partial charge on any atom is 0.220 e. The van der Waals surface area contributed by atoms with Gasteiger partial charge in [0.05, 0.1) is 0 Å². The molecule has 0 aromatic heterocycles. The van der Waals surface area contributed by atoms with Crippen LogP contribution >= 0.6 is 0 Å². The lowest BCUT2D eigenvalue weighted by Crippen LogP contribution is -2.52. The Balaban J connectivity index is 1.29. The Morgan fingerprint density at radius 1 is 1.15 bits per heavy atom. The first-order chi connectivity index (χ1) is 13.1. The van der Waals surface area contributed by atoms with Crippen molar-refractivity contribution in [1.29, 1.82) is 0 Å². The zero-order chi connectivity index (χ0) is 18.7. The molecule has 4 rings (SSSR count). The zero-order valence-corrected chi connectivity index (χ0v) is 16.7. The van der Waals surface area contributed by atoms with Gasteiger partial charge < -0.3 is 16.0 Å². The highest BCUT2D eigenvalue weighted by Gasteiger charge is 2.37. The molecule has 2 aliphatic heterocycles. The fourth-order valence-electron chi connectivity index (χ4n) is 5.65. The van der Waals surface area contributed by atoms with E-state index in [1.165, 1.54) is 44.1 Å². The number of carbonyl (C=O) groups excluding carboxylic acids is 1. The molecule has 3 aliphatic rings. The van der Waals surface area contributed by atoms with E-state index in [2.05, 4.69) is 53.2 Å². The highest BCUT2D eigenvalue weighted by atomic mass is 16.1. The van der Waals surface area contributed by atoms with E-state index in [4.69, 9.17) is 0 Å². The Kier molecular flexibility index (Phi) is 5.84. The Morgan fingerprint density at radius 2 is 1.81 bits per heavy atom. The Labute approximate surface area is 163 Å². The molecule has 3 unspecified atom stereocenters. The molecule has 1 aliphatic carbocycles. The lowest BCUT2D eigenvalue weighted by molar-refractivity contribution is -0.122. The molecule has 2 bridgehead atoms. The van der Waals surface area contributed by atoms with Crippen molar-refractivity contribution in [3.63, 3.8) is 0 Å². The standard InChI is InChI=1S/C23H35N3O/c1-17(19-7-3-2-4-8-19)26-23(11-5-6-12-23)16-24-22(27)15-18-13-20-9-10-21(14-18)25-20/h2-4,7-8,17-18,20-21,25-26H,5-6,9-16H2,1H3,(H,24,27). The fraction of sp³-hybridized carbons (Fsp3) is 0.696.